The summed E-state index contributed by atoms with van der Waals surface area (Å²) in [5.74, 6) is 0.455. The van der Waals surface area contributed by atoms with E-state index in [-0.39, 0.29) is 24.2 Å². The molecule has 1 aliphatic heterocycles. The second kappa shape index (κ2) is 7.23. The van der Waals surface area contributed by atoms with Crippen molar-refractivity contribution in [3.63, 3.8) is 0 Å². The second-order valence-electron chi connectivity index (χ2n) is 8.22. The van der Waals surface area contributed by atoms with Gasteiger partial charge in [0, 0.05) is 45.8 Å². The van der Waals surface area contributed by atoms with Gasteiger partial charge in [0.05, 0.1) is 11.8 Å². The molecule has 1 amide bonds. The van der Waals surface area contributed by atoms with E-state index in [0.29, 0.717) is 11.3 Å². The summed E-state index contributed by atoms with van der Waals surface area (Å²) in [5.41, 5.74) is 2.30. The van der Waals surface area contributed by atoms with Crippen molar-refractivity contribution in [1.82, 2.24) is 29.3 Å². The molecular weight excluding hydrogens is 382 g/mol. The van der Waals surface area contributed by atoms with E-state index in [0.717, 1.165) is 55.9 Å². The molecule has 0 radical (unpaired) electrons. The zero-order valence-corrected chi connectivity index (χ0v) is 17.3. The van der Waals surface area contributed by atoms with Crippen LogP contribution in [0.2, 0.25) is 0 Å². The molecular formula is C21H25N7O2. The lowest BCUT2D eigenvalue weighted by Gasteiger charge is -2.16. The number of aromatic nitrogens is 5. The molecule has 0 spiro atoms. The normalized spacial score (nSPS) is 16.4. The topological polar surface area (TPSA) is 88.6 Å². The molecule has 2 fully saturated rings. The number of rotatable bonds is 6. The third kappa shape index (κ3) is 3.34. The van der Waals surface area contributed by atoms with Crippen LogP contribution in [-0.2, 0) is 13.5 Å². The summed E-state index contributed by atoms with van der Waals surface area (Å²) in [6, 6.07) is 4.05. The summed E-state index contributed by atoms with van der Waals surface area (Å²) >= 11 is 0. The number of hydrogen-bond acceptors (Lipinski definition) is 6. The predicted octanol–water partition coefficient (Wildman–Crippen LogP) is 1.72. The lowest BCUT2D eigenvalue weighted by molar-refractivity contribution is 0.0778. The maximum Gasteiger partial charge on any atom is 0.257 e. The summed E-state index contributed by atoms with van der Waals surface area (Å²) < 4.78 is 3.22. The SMILES string of the molecule is CN(C(=O)c1cnn(C)c1C(=O)Cc1ccc2nc(N3CCCC3)nn2c1)C1CC1. The van der Waals surface area contributed by atoms with Gasteiger partial charge in [-0.1, -0.05) is 6.07 Å². The van der Waals surface area contributed by atoms with Crippen molar-refractivity contribution in [2.45, 2.75) is 38.1 Å². The van der Waals surface area contributed by atoms with Crippen LogP contribution in [0.25, 0.3) is 5.65 Å². The van der Waals surface area contributed by atoms with Crippen LogP contribution in [0.15, 0.2) is 24.5 Å². The van der Waals surface area contributed by atoms with E-state index in [4.69, 9.17) is 0 Å². The number of ketones is 1. The molecule has 1 aliphatic carbocycles. The standard InChI is InChI=1S/C21H25N7O2/c1-25(15-6-7-15)20(30)16-12-22-26(2)19(16)17(29)11-14-5-8-18-23-21(24-28(18)13-14)27-9-3-4-10-27/h5,8,12-13,15H,3-4,6-7,9-11H2,1-2H3. The zero-order chi connectivity index (χ0) is 20.8. The Balaban J connectivity index is 1.38. The summed E-state index contributed by atoms with van der Waals surface area (Å²) in [6.07, 6.45) is 7.87. The number of carbonyl (C=O) groups excluding carboxylic acids is 2. The highest BCUT2D eigenvalue weighted by Gasteiger charge is 2.33. The van der Waals surface area contributed by atoms with Crippen LogP contribution in [-0.4, -0.2) is 67.1 Å². The molecule has 3 aromatic rings. The van der Waals surface area contributed by atoms with Gasteiger partial charge < -0.3 is 9.80 Å². The number of aryl methyl sites for hydroxylation is 1. The average molecular weight is 407 g/mol. The summed E-state index contributed by atoms with van der Waals surface area (Å²) in [5, 5.41) is 8.76. The van der Waals surface area contributed by atoms with Gasteiger partial charge >= 0.3 is 0 Å². The van der Waals surface area contributed by atoms with Crippen LogP contribution in [0.5, 0.6) is 0 Å². The fraction of sp³-hybridized carbons (Fsp3) is 0.476. The van der Waals surface area contributed by atoms with E-state index < -0.39 is 0 Å². The molecule has 1 saturated heterocycles. The Morgan fingerprint density at radius 3 is 2.70 bits per heavy atom. The Labute approximate surface area is 174 Å². The maximum absolute atomic E-state index is 13.1. The summed E-state index contributed by atoms with van der Waals surface area (Å²) in [7, 11) is 3.49. The lowest BCUT2D eigenvalue weighted by Crippen LogP contribution is -2.30. The van der Waals surface area contributed by atoms with E-state index in [9.17, 15) is 9.59 Å². The number of fused-ring (bicyclic) bond motifs is 1. The van der Waals surface area contributed by atoms with Gasteiger partial charge in [0.2, 0.25) is 5.95 Å². The first kappa shape index (κ1) is 18.8. The number of Topliss-reactive ketones (excluding diaryl/α,β-unsaturated/α-hetero) is 1. The summed E-state index contributed by atoms with van der Waals surface area (Å²) in [6.45, 7) is 1.96. The first-order valence-electron chi connectivity index (χ1n) is 10.4. The van der Waals surface area contributed by atoms with Crippen LogP contribution in [0, 0.1) is 0 Å². The number of anilines is 1. The lowest BCUT2D eigenvalue weighted by atomic mass is 10.1. The molecule has 0 unspecified atom stereocenters. The Morgan fingerprint density at radius 1 is 1.20 bits per heavy atom. The van der Waals surface area contributed by atoms with Crippen molar-refractivity contribution in [1.29, 1.82) is 0 Å². The largest absolute Gasteiger partial charge is 0.340 e. The number of nitrogens with zero attached hydrogens (tertiary/aromatic N) is 7. The highest BCUT2D eigenvalue weighted by Crippen LogP contribution is 2.27. The molecule has 30 heavy (non-hydrogen) atoms. The van der Waals surface area contributed by atoms with Gasteiger partial charge in [0.1, 0.15) is 5.69 Å². The number of amides is 1. The fourth-order valence-corrected chi connectivity index (χ4v) is 4.08. The smallest absolute Gasteiger partial charge is 0.257 e. The highest BCUT2D eigenvalue weighted by atomic mass is 16.2. The minimum Gasteiger partial charge on any atom is -0.340 e. The van der Waals surface area contributed by atoms with Gasteiger partial charge in [-0.15, -0.1) is 5.10 Å². The van der Waals surface area contributed by atoms with Gasteiger partial charge in [0.15, 0.2) is 11.4 Å². The molecule has 0 aromatic carbocycles. The molecule has 3 aromatic heterocycles. The third-order valence-corrected chi connectivity index (χ3v) is 5.98. The molecule has 9 heteroatoms. The Morgan fingerprint density at radius 2 is 1.97 bits per heavy atom. The minimum atomic E-state index is -0.143. The van der Waals surface area contributed by atoms with Gasteiger partial charge in [-0.25, -0.2) is 4.52 Å². The van der Waals surface area contributed by atoms with Crippen LogP contribution in [0.4, 0.5) is 5.95 Å². The molecule has 0 bridgehead atoms. The van der Waals surface area contributed by atoms with Gasteiger partial charge in [0.25, 0.3) is 5.91 Å². The van der Waals surface area contributed by atoms with Crippen molar-refractivity contribution in [2.75, 3.05) is 25.0 Å². The Kier molecular flexibility index (Phi) is 4.52. The Hall–Kier alpha value is -3.23. The average Bonchev–Trinajstić information content (AvgIpc) is 3.13. The number of pyridine rings is 1. The van der Waals surface area contributed by atoms with Crippen molar-refractivity contribution in [3.8, 4) is 0 Å². The number of carbonyl (C=O) groups is 2. The highest BCUT2D eigenvalue weighted by molar-refractivity contribution is 6.07. The first-order chi connectivity index (χ1) is 14.5. The van der Waals surface area contributed by atoms with Crippen LogP contribution in [0.1, 0.15) is 52.1 Å². The molecule has 156 valence electrons. The van der Waals surface area contributed by atoms with E-state index in [1.165, 1.54) is 10.9 Å². The monoisotopic (exact) mass is 407 g/mol. The van der Waals surface area contributed by atoms with E-state index in [2.05, 4.69) is 20.1 Å². The number of hydrogen-bond donors (Lipinski definition) is 0. The van der Waals surface area contributed by atoms with Crippen molar-refractivity contribution in [2.24, 2.45) is 7.05 Å². The molecule has 2 aliphatic rings. The van der Waals surface area contributed by atoms with Crippen molar-refractivity contribution < 1.29 is 9.59 Å². The maximum atomic E-state index is 13.1. The summed E-state index contributed by atoms with van der Waals surface area (Å²) in [4.78, 5) is 34.4. The first-order valence-corrected chi connectivity index (χ1v) is 10.4. The van der Waals surface area contributed by atoms with Gasteiger partial charge in [-0.2, -0.15) is 10.1 Å². The Bertz CT molecular complexity index is 1120. The van der Waals surface area contributed by atoms with E-state index in [1.54, 1.807) is 23.5 Å². The fourth-order valence-electron chi connectivity index (χ4n) is 4.08. The predicted molar refractivity (Wildman–Crippen MR) is 111 cm³/mol. The molecule has 5 rings (SSSR count). The molecule has 9 nitrogen and oxygen atoms in total. The van der Waals surface area contributed by atoms with Crippen LogP contribution < -0.4 is 4.90 Å². The third-order valence-electron chi connectivity index (χ3n) is 5.98. The molecule has 0 atom stereocenters. The van der Waals surface area contributed by atoms with Crippen molar-refractivity contribution >= 4 is 23.3 Å². The van der Waals surface area contributed by atoms with Crippen molar-refractivity contribution in [3.05, 3.63) is 41.3 Å². The zero-order valence-electron chi connectivity index (χ0n) is 17.3. The molecule has 1 saturated carbocycles. The van der Waals surface area contributed by atoms with Crippen LogP contribution in [0.3, 0.4) is 0 Å². The second-order valence-corrected chi connectivity index (χ2v) is 8.22. The van der Waals surface area contributed by atoms with Crippen LogP contribution >= 0.6 is 0 Å². The van der Waals surface area contributed by atoms with E-state index >= 15 is 0 Å². The minimum absolute atomic E-state index is 0.137. The van der Waals surface area contributed by atoms with Gasteiger partial charge in [-0.3, -0.25) is 14.3 Å². The van der Waals surface area contributed by atoms with E-state index in [1.807, 2.05) is 18.3 Å². The molecule has 0 N–H and O–H groups in total. The van der Waals surface area contributed by atoms with Gasteiger partial charge in [-0.05, 0) is 37.3 Å². The quantitative estimate of drug-likeness (QED) is 0.578. The molecule has 4 heterocycles.